The molecule has 2 fully saturated rings. The van der Waals surface area contributed by atoms with Crippen molar-refractivity contribution in [1.29, 1.82) is 0 Å². The van der Waals surface area contributed by atoms with Crippen LogP contribution in [0.4, 0.5) is 48.3 Å². The Bertz CT molecular complexity index is 1290. The molecule has 0 aromatic heterocycles. The lowest BCUT2D eigenvalue weighted by Gasteiger charge is -2.36. The second-order valence-corrected chi connectivity index (χ2v) is 11.1. The van der Waals surface area contributed by atoms with Gasteiger partial charge in [0.25, 0.3) is 0 Å². The van der Waals surface area contributed by atoms with Gasteiger partial charge in [0, 0.05) is 24.3 Å². The van der Waals surface area contributed by atoms with Crippen molar-refractivity contribution < 1.29 is 67.2 Å². The topological polar surface area (TPSA) is 36.9 Å². The molecule has 0 radical (unpaired) electrons. The largest absolute Gasteiger partial charge is 0.573 e. The van der Waals surface area contributed by atoms with Gasteiger partial charge in [0.1, 0.15) is 28.7 Å². The SMILES string of the molecule is C=CC1CCC(C(F)(F)OC2CCC(COc3cc(F)c(C(F)(F)Oc4cc(F)c(OC(F)(F)F)c(F)c4)c(F)c3)CC2)CC1. The second kappa shape index (κ2) is 13.6. The van der Waals surface area contributed by atoms with Crippen LogP contribution in [0.5, 0.6) is 17.2 Å². The van der Waals surface area contributed by atoms with E-state index < -0.39 is 76.7 Å². The number of halogens is 11. The number of benzene rings is 2. The average Bonchev–Trinajstić information content (AvgIpc) is 2.93. The monoisotopic (exact) mass is 662 g/mol. The quantitative estimate of drug-likeness (QED) is 0.177. The number of allylic oxidation sites excluding steroid dienone is 1. The van der Waals surface area contributed by atoms with Crippen LogP contribution in [0.1, 0.15) is 56.9 Å². The molecule has 4 rings (SSSR count). The van der Waals surface area contributed by atoms with Gasteiger partial charge < -0.3 is 18.9 Å². The first kappa shape index (κ1) is 34.6. The highest BCUT2D eigenvalue weighted by molar-refractivity contribution is 5.37. The molecule has 2 aliphatic rings. The first-order valence-corrected chi connectivity index (χ1v) is 14.1. The first-order chi connectivity index (χ1) is 21.0. The summed E-state index contributed by atoms with van der Waals surface area (Å²) in [6.45, 7) is 3.60. The summed E-state index contributed by atoms with van der Waals surface area (Å²) in [6.07, 6.45) is -9.23. The Morgan fingerprint density at radius 2 is 1.22 bits per heavy atom. The fraction of sp³-hybridized carbons (Fsp3) is 0.533. The molecule has 0 N–H and O–H groups in total. The molecule has 0 amide bonds. The summed E-state index contributed by atoms with van der Waals surface area (Å²) in [5.74, 6) is -12.5. The number of rotatable bonds is 11. The van der Waals surface area contributed by atoms with E-state index in [1.54, 1.807) is 6.08 Å². The van der Waals surface area contributed by atoms with E-state index in [-0.39, 0.29) is 30.6 Å². The highest BCUT2D eigenvalue weighted by Crippen LogP contribution is 2.43. The zero-order valence-corrected chi connectivity index (χ0v) is 23.6. The van der Waals surface area contributed by atoms with Crippen molar-refractivity contribution in [2.45, 2.75) is 76.1 Å². The average molecular weight is 663 g/mol. The molecule has 0 unspecified atom stereocenters. The number of alkyl halides is 7. The number of hydrogen-bond acceptors (Lipinski definition) is 4. The minimum Gasteiger partial charge on any atom is -0.493 e. The molecule has 45 heavy (non-hydrogen) atoms. The third-order valence-electron chi connectivity index (χ3n) is 7.93. The van der Waals surface area contributed by atoms with Crippen LogP contribution in [-0.2, 0) is 10.8 Å². The van der Waals surface area contributed by atoms with Crippen LogP contribution in [0, 0.1) is 41.0 Å². The predicted molar refractivity (Wildman–Crippen MR) is 137 cm³/mol. The van der Waals surface area contributed by atoms with E-state index in [0.717, 1.165) is 0 Å². The third kappa shape index (κ3) is 8.95. The minimum atomic E-state index is -5.50. The van der Waals surface area contributed by atoms with E-state index in [2.05, 4.69) is 16.1 Å². The smallest absolute Gasteiger partial charge is 0.493 e. The first-order valence-electron chi connectivity index (χ1n) is 14.1. The fourth-order valence-corrected chi connectivity index (χ4v) is 5.56. The van der Waals surface area contributed by atoms with Crippen molar-refractivity contribution in [2.24, 2.45) is 17.8 Å². The Morgan fingerprint density at radius 3 is 1.73 bits per heavy atom. The summed E-state index contributed by atoms with van der Waals surface area (Å²) in [5.41, 5.74) is -1.96. The van der Waals surface area contributed by atoms with E-state index in [9.17, 15) is 48.3 Å². The summed E-state index contributed by atoms with van der Waals surface area (Å²) >= 11 is 0. The Balaban J connectivity index is 1.31. The standard InChI is InChI=1S/C30H29F11O4/c1-2-16-3-7-18(8-4-16)28(35,36)43-19-9-5-17(6-10-19)15-42-20-11-22(31)26(23(32)12-20)29(37,38)44-21-13-24(33)27(25(34)14-21)45-30(39,40)41/h2,11-14,16-19H,1,3-10,15H2. The van der Waals surface area contributed by atoms with Crippen molar-refractivity contribution in [3.63, 3.8) is 0 Å². The summed E-state index contributed by atoms with van der Waals surface area (Å²) in [4.78, 5) is 0. The summed E-state index contributed by atoms with van der Waals surface area (Å²) in [5, 5.41) is 0. The molecule has 0 aliphatic heterocycles. The van der Waals surface area contributed by atoms with Gasteiger partial charge in [-0.05, 0) is 63.2 Å². The lowest BCUT2D eigenvalue weighted by Crippen LogP contribution is -2.39. The van der Waals surface area contributed by atoms with Crippen molar-refractivity contribution in [3.05, 3.63) is 65.8 Å². The van der Waals surface area contributed by atoms with Gasteiger partial charge in [0.15, 0.2) is 11.6 Å². The van der Waals surface area contributed by atoms with Crippen molar-refractivity contribution >= 4 is 0 Å². The van der Waals surface area contributed by atoms with E-state index in [1.807, 2.05) is 0 Å². The van der Waals surface area contributed by atoms with Crippen LogP contribution in [-0.4, -0.2) is 25.2 Å². The summed E-state index contributed by atoms with van der Waals surface area (Å²) in [6, 6.07) is 0.683. The molecule has 2 aliphatic carbocycles. The molecular formula is C30H29F11O4. The molecular weight excluding hydrogens is 633 g/mol. The Kier molecular flexibility index (Phi) is 10.5. The number of ether oxygens (including phenoxy) is 4. The molecule has 0 atom stereocenters. The fourth-order valence-electron chi connectivity index (χ4n) is 5.56. The zero-order chi connectivity index (χ0) is 33.2. The van der Waals surface area contributed by atoms with Crippen molar-refractivity contribution in [3.8, 4) is 17.2 Å². The summed E-state index contributed by atoms with van der Waals surface area (Å²) < 4.78 is 170. The molecule has 2 aromatic rings. The lowest BCUT2D eigenvalue weighted by atomic mass is 9.81. The predicted octanol–water partition coefficient (Wildman–Crippen LogP) is 9.81. The Morgan fingerprint density at radius 1 is 0.689 bits per heavy atom. The Labute approximate surface area is 251 Å². The van der Waals surface area contributed by atoms with E-state index >= 15 is 0 Å². The maximum Gasteiger partial charge on any atom is 0.573 e. The van der Waals surface area contributed by atoms with Crippen LogP contribution in [0.3, 0.4) is 0 Å². The molecule has 15 heteroatoms. The van der Waals surface area contributed by atoms with Gasteiger partial charge in [-0.2, -0.15) is 17.6 Å². The molecule has 4 nitrogen and oxygen atoms in total. The van der Waals surface area contributed by atoms with E-state index in [1.165, 1.54) is 0 Å². The highest BCUT2D eigenvalue weighted by atomic mass is 19.4. The minimum absolute atomic E-state index is 0.0828. The van der Waals surface area contributed by atoms with Gasteiger partial charge in [0.2, 0.25) is 5.75 Å². The van der Waals surface area contributed by atoms with Crippen molar-refractivity contribution in [1.82, 2.24) is 0 Å². The van der Waals surface area contributed by atoms with Gasteiger partial charge in [-0.15, -0.1) is 19.8 Å². The maximum atomic E-state index is 14.7. The molecule has 0 saturated heterocycles. The molecule has 0 spiro atoms. The molecule has 0 bridgehead atoms. The van der Waals surface area contributed by atoms with Gasteiger partial charge in [-0.1, -0.05) is 6.08 Å². The molecule has 2 saturated carbocycles. The normalized spacial score (nSPS) is 23.0. The number of hydrogen-bond donors (Lipinski definition) is 0. The summed E-state index contributed by atoms with van der Waals surface area (Å²) in [7, 11) is 0. The second-order valence-electron chi connectivity index (χ2n) is 11.1. The third-order valence-corrected chi connectivity index (χ3v) is 7.93. The van der Waals surface area contributed by atoms with Crippen LogP contribution in [0.25, 0.3) is 0 Å². The van der Waals surface area contributed by atoms with E-state index in [0.29, 0.717) is 63.5 Å². The van der Waals surface area contributed by atoms with Crippen molar-refractivity contribution in [2.75, 3.05) is 6.61 Å². The van der Waals surface area contributed by atoms with Gasteiger partial charge in [-0.25, -0.2) is 17.6 Å². The van der Waals surface area contributed by atoms with Crippen LogP contribution >= 0.6 is 0 Å². The van der Waals surface area contributed by atoms with Gasteiger partial charge in [0.05, 0.1) is 18.6 Å². The van der Waals surface area contributed by atoms with Gasteiger partial charge >= 0.3 is 18.6 Å². The van der Waals surface area contributed by atoms with E-state index in [4.69, 9.17) is 9.47 Å². The molecule has 250 valence electrons. The maximum absolute atomic E-state index is 14.7. The zero-order valence-electron chi connectivity index (χ0n) is 23.6. The molecule has 0 heterocycles. The highest BCUT2D eigenvalue weighted by Gasteiger charge is 2.45. The van der Waals surface area contributed by atoms with Crippen LogP contribution in [0.2, 0.25) is 0 Å². The Hall–Kier alpha value is -3.23. The van der Waals surface area contributed by atoms with Crippen LogP contribution < -0.4 is 14.2 Å². The lowest BCUT2D eigenvalue weighted by molar-refractivity contribution is -0.301. The molecule has 2 aromatic carbocycles. The van der Waals surface area contributed by atoms with Crippen LogP contribution in [0.15, 0.2) is 36.9 Å². The van der Waals surface area contributed by atoms with Gasteiger partial charge in [-0.3, -0.25) is 0 Å².